The summed E-state index contributed by atoms with van der Waals surface area (Å²) in [5, 5.41) is 7.95. The molecular formula is C16H21F2N5. The van der Waals surface area contributed by atoms with E-state index in [0.29, 0.717) is 17.9 Å². The Morgan fingerprint density at radius 2 is 1.87 bits per heavy atom. The Hall–Kier alpha value is -2.02. The van der Waals surface area contributed by atoms with E-state index in [4.69, 9.17) is 5.73 Å². The minimum absolute atomic E-state index is 0.330. The van der Waals surface area contributed by atoms with Crippen LogP contribution in [0, 0.1) is 11.6 Å². The molecule has 3 rings (SSSR count). The van der Waals surface area contributed by atoms with Crippen LogP contribution in [-0.2, 0) is 13.0 Å². The number of nitrogens with zero attached hydrogens (tertiary/aromatic N) is 4. The molecular weight excluding hydrogens is 300 g/mol. The number of likely N-dealkylation sites (tertiary alicyclic amines) is 1. The fourth-order valence-electron chi connectivity index (χ4n) is 2.99. The van der Waals surface area contributed by atoms with Gasteiger partial charge >= 0.3 is 0 Å². The normalized spacial score (nSPS) is 15.9. The average Bonchev–Trinajstić information content (AvgIpc) is 2.90. The molecule has 1 saturated heterocycles. The molecule has 1 fully saturated rings. The van der Waals surface area contributed by atoms with Gasteiger partial charge in [0.15, 0.2) is 17.5 Å². The van der Waals surface area contributed by atoms with Gasteiger partial charge in [-0.25, -0.2) is 13.5 Å². The van der Waals surface area contributed by atoms with Gasteiger partial charge in [-0.1, -0.05) is 17.7 Å². The summed E-state index contributed by atoms with van der Waals surface area (Å²) in [5.74, 6) is -1.30. The van der Waals surface area contributed by atoms with Crippen LogP contribution in [0.1, 0.15) is 30.5 Å². The van der Waals surface area contributed by atoms with Crippen molar-refractivity contribution in [1.82, 2.24) is 19.9 Å². The Morgan fingerprint density at radius 1 is 1.09 bits per heavy atom. The van der Waals surface area contributed by atoms with Crippen molar-refractivity contribution in [2.45, 2.75) is 32.2 Å². The van der Waals surface area contributed by atoms with Gasteiger partial charge in [0.2, 0.25) is 0 Å². The summed E-state index contributed by atoms with van der Waals surface area (Å²) in [4.78, 5) is 2.41. The average molecular weight is 321 g/mol. The third-order valence-electron chi connectivity index (χ3n) is 4.30. The highest BCUT2D eigenvalue weighted by atomic mass is 19.2. The molecule has 0 atom stereocenters. The lowest BCUT2D eigenvalue weighted by molar-refractivity contribution is 0.230. The fraction of sp³-hybridized carbons (Fsp3) is 0.500. The summed E-state index contributed by atoms with van der Waals surface area (Å²) in [7, 11) is 0. The topological polar surface area (TPSA) is 60.0 Å². The molecule has 1 aliphatic heterocycles. The Labute approximate surface area is 134 Å². The summed E-state index contributed by atoms with van der Waals surface area (Å²) >= 11 is 0. The largest absolute Gasteiger partial charge is 0.381 e. The molecule has 23 heavy (non-hydrogen) atoms. The lowest BCUT2D eigenvalue weighted by Gasteiger charge is -2.26. The first kappa shape index (κ1) is 15.9. The molecule has 0 spiro atoms. The van der Waals surface area contributed by atoms with Crippen LogP contribution < -0.4 is 5.73 Å². The van der Waals surface area contributed by atoms with Gasteiger partial charge in [-0.3, -0.25) is 0 Å². The quantitative estimate of drug-likeness (QED) is 0.917. The first-order chi connectivity index (χ1) is 11.1. The first-order valence-corrected chi connectivity index (χ1v) is 7.97. The van der Waals surface area contributed by atoms with Crippen LogP contribution in [0.4, 0.5) is 14.6 Å². The van der Waals surface area contributed by atoms with Crippen molar-refractivity contribution in [3.8, 4) is 0 Å². The molecule has 0 aliphatic carbocycles. The van der Waals surface area contributed by atoms with Gasteiger partial charge in [-0.05, 0) is 43.6 Å². The number of anilines is 1. The first-order valence-electron chi connectivity index (χ1n) is 7.97. The number of piperidine rings is 1. The SMILES string of the molecule is Nc1nnn(Cc2ccc(F)c(F)c2)c1CCN1CCCCC1. The third-order valence-corrected chi connectivity index (χ3v) is 4.30. The number of hydrogen-bond donors (Lipinski definition) is 1. The summed E-state index contributed by atoms with van der Waals surface area (Å²) in [6, 6.07) is 3.85. The summed E-state index contributed by atoms with van der Waals surface area (Å²) in [6.07, 6.45) is 4.53. The molecule has 0 unspecified atom stereocenters. The second-order valence-electron chi connectivity index (χ2n) is 5.98. The van der Waals surface area contributed by atoms with Crippen molar-refractivity contribution < 1.29 is 8.78 Å². The molecule has 2 aromatic rings. The van der Waals surface area contributed by atoms with Crippen LogP contribution in [0.25, 0.3) is 0 Å². The predicted octanol–water partition coefficient (Wildman–Crippen LogP) is 2.22. The Morgan fingerprint density at radius 3 is 2.61 bits per heavy atom. The van der Waals surface area contributed by atoms with E-state index in [1.54, 1.807) is 10.7 Å². The monoisotopic (exact) mass is 321 g/mol. The lowest BCUT2D eigenvalue weighted by Crippen LogP contribution is -2.32. The van der Waals surface area contributed by atoms with Gasteiger partial charge in [-0.15, -0.1) is 5.10 Å². The van der Waals surface area contributed by atoms with E-state index in [0.717, 1.165) is 37.8 Å². The Bertz CT molecular complexity index is 664. The van der Waals surface area contributed by atoms with E-state index in [1.165, 1.54) is 25.3 Å². The van der Waals surface area contributed by atoms with Crippen LogP contribution >= 0.6 is 0 Å². The summed E-state index contributed by atoms with van der Waals surface area (Å²) < 4.78 is 28.0. The van der Waals surface area contributed by atoms with Crippen molar-refractivity contribution >= 4 is 5.82 Å². The Balaban J connectivity index is 1.69. The second kappa shape index (κ2) is 7.04. The maximum atomic E-state index is 13.3. The minimum Gasteiger partial charge on any atom is -0.381 e. The number of nitrogen functional groups attached to an aromatic ring is 1. The van der Waals surface area contributed by atoms with Crippen LogP contribution in [0.3, 0.4) is 0 Å². The highest BCUT2D eigenvalue weighted by molar-refractivity contribution is 5.33. The maximum Gasteiger partial charge on any atom is 0.169 e. The highest BCUT2D eigenvalue weighted by Gasteiger charge is 2.15. The molecule has 0 saturated carbocycles. The van der Waals surface area contributed by atoms with E-state index in [-0.39, 0.29) is 0 Å². The van der Waals surface area contributed by atoms with Crippen molar-refractivity contribution in [3.05, 3.63) is 41.1 Å². The van der Waals surface area contributed by atoms with Gasteiger partial charge in [0.1, 0.15) is 0 Å². The maximum absolute atomic E-state index is 13.3. The van der Waals surface area contributed by atoms with Gasteiger partial charge in [0.25, 0.3) is 0 Å². The van der Waals surface area contributed by atoms with Crippen molar-refractivity contribution in [2.24, 2.45) is 0 Å². The van der Waals surface area contributed by atoms with Crippen molar-refractivity contribution in [1.29, 1.82) is 0 Å². The zero-order chi connectivity index (χ0) is 16.2. The molecule has 5 nitrogen and oxygen atoms in total. The van der Waals surface area contributed by atoms with E-state index < -0.39 is 11.6 Å². The van der Waals surface area contributed by atoms with E-state index >= 15 is 0 Å². The smallest absolute Gasteiger partial charge is 0.169 e. The Kier molecular flexibility index (Phi) is 4.85. The molecule has 1 aliphatic rings. The molecule has 124 valence electrons. The van der Waals surface area contributed by atoms with Gasteiger partial charge in [0, 0.05) is 13.0 Å². The number of hydrogen-bond acceptors (Lipinski definition) is 4. The van der Waals surface area contributed by atoms with Gasteiger partial charge in [-0.2, -0.15) is 0 Å². The molecule has 0 amide bonds. The standard InChI is InChI=1S/C16H21F2N5/c17-13-5-4-12(10-14(13)18)11-23-15(16(19)20-21-23)6-9-22-7-2-1-3-8-22/h4-5,10H,1-3,6-9,11,19H2. The summed E-state index contributed by atoms with van der Waals surface area (Å²) in [5.41, 5.74) is 7.40. The van der Waals surface area contributed by atoms with Crippen LogP contribution in [0.5, 0.6) is 0 Å². The van der Waals surface area contributed by atoms with Gasteiger partial charge in [0.05, 0.1) is 12.2 Å². The minimum atomic E-state index is -0.856. The number of aromatic nitrogens is 3. The van der Waals surface area contributed by atoms with Crippen LogP contribution in [0.2, 0.25) is 0 Å². The number of benzene rings is 1. The van der Waals surface area contributed by atoms with Gasteiger partial charge < -0.3 is 10.6 Å². The zero-order valence-corrected chi connectivity index (χ0v) is 13.0. The summed E-state index contributed by atoms with van der Waals surface area (Å²) in [6.45, 7) is 3.47. The molecule has 1 aromatic carbocycles. The fourth-order valence-corrected chi connectivity index (χ4v) is 2.99. The molecule has 7 heteroatoms. The number of halogens is 2. The number of nitrogens with two attached hydrogens (primary N) is 1. The van der Waals surface area contributed by atoms with E-state index in [2.05, 4.69) is 15.2 Å². The van der Waals surface area contributed by atoms with E-state index in [9.17, 15) is 8.78 Å². The zero-order valence-electron chi connectivity index (χ0n) is 13.0. The second-order valence-corrected chi connectivity index (χ2v) is 5.98. The highest BCUT2D eigenvalue weighted by Crippen LogP contribution is 2.15. The van der Waals surface area contributed by atoms with Crippen molar-refractivity contribution in [2.75, 3.05) is 25.4 Å². The molecule has 2 heterocycles. The lowest BCUT2D eigenvalue weighted by atomic mass is 10.1. The molecule has 2 N–H and O–H groups in total. The number of rotatable bonds is 5. The van der Waals surface area contributed by atoms with Crippen LogP contribution in [0.15, 0.2) is 18.2 Å². The third kappa shape index (κ3) is 3.85. The predicted molar refractivity (Wildman–Crippen MR) is 83.9 cm³/mol. The molecule has 0 radical (unpaired) electrons. The van der Waals surface area contributed by atoms with Crippen molar-refractivity contribution in [3.63, 3.8) is 0 Å². The van der Waals surface area contributed by atoms with E-state index in [1.807, 2.05) is 0 Å². The molecule has 0 bridgehead atoms. The molecule has 1 aromatic heterocycles. The van der Waals surface area contributed by atoms with Crippen LogP contribution in [-0.4, -0.2) is 39.5 Å².